The number of hydrogen-bond acceptors (Lipinski definition) is 9. The van der Waals surface area contributed by atoms with E-state index in [-0.39, 0.29) is 66.1 Å². The number of ketones is 1. The van der Waals surface area contributed by atoms with Crippen LogP contribution in [0.5, 0.6) is 11.5 Å². The number of hydrogen-bond donors (Lipinski definition) is 3. The molecule has 4 atom stereocenters. The van der Waals surface area contributed by atoms with Gasteiger partial charge in [0.05, 0.1) is 23.3 Å². The Bertz CT molecular complexity index is 4820. The number of azide groups is 2. The van der Waals surface area contributed by atoms with Crippen LogP contribution in [0.3, 0.4) is 0 Å². The number of aryl methyl sites for hydroxylation is 7. The third-order valence-corrected chi connectivity index (χ3v) is 20.3. The number of nitrogens with one attached hydrogen (secondary N) is 1. The molecule has 0 saturated carbocycles. The molecule has 0 amide bonds. The normalized spacial score (nSPS) is 13.6. The number of carbonyl (C=O) groups excluding carboxylic acids is 2. The number of carbonyl (C=O) groups is 2. The number of aliphatic hydroxyl groups is 1. The van der Waals surface area contributed by atoms with E-state index in [1.54, 1.807) is 79.7 Å². The molecule has 0 spiro atoms. The van der Waals surface area contributed by atoms with Crippen molar-refractivity contribution in [3.63, 3.8) is 0 Å². The minimum Gasteiger partial charge on any atom is -0.411 e. The summed E-state index contributed by atoms with van der Waals surface area (Å²) in [6, 6.07) is 58.9. The number of fused-ring (bicyclic) bond motifs is 5. The molecule has 14 nitrogen and oxygen atoms in total. The molecule has 0 radical (unpaired) electrons. The number of para-hydroxylation sites is 2. The summed E-state index contributed by atoms with van der Waals surface area (Å²) in [7, 11) is -3.95. The summed E-state index contributed by atoms with van der Waals surface area (Å²) in [5.74, 6) is 0.756. The van der Waals surface area contributed by atoms with Gasteiger partial charge in [0.25, 0.3) is 0 Å². The molecule has 9 aromatic carbocycles. The minimum absolute atomic E-state index is 0. The average Bonchev–Trinajstić information content (AvgIpc) is 0.844. The first kappa shape index (κ1) is 98.3. The van der Waals surface area contributed by atoms with Crippen molar-refractivity contribution in [2.45, 2.75) is 191 Å². The van der Waals surface area contributed by atoms with Crippen LogP contribution in [0.25, 0.3) is 51.3 Å². The Morgan fingerprint density at radius 1 is 0.513 bits per heavy atom. The first-order chi connectivity index (χ1) is 54.4. The van der Waals surface area contributed by atoms with Crippen LogP contribution >= 0.6 is 7.75 Å². The van der Waals surface area contributed by atoms with Crippen LogP contribution in [0.4, 0.5) is 26.3 Å². The highest BCUT2D eigenvalue weighted by molar-refractivity contribution is 7.53. The Kier molecular flexibility index (Phi) is 41.8. The van der Waals surface area contributed by atoms with E-state index in [1.165, 1.54) is 79.4 Å². The van der Waals surface area contributed by atoms with E-state index in [0.29, 0.717) is 36.2 Å². The van der Waals surface area contributed by atoms with Gasteiger partial charge < -0.3 is 30.0 Å². The van der Waals surface area contributed by atoms with Gasteiger partial charge in [-0.25, -0.2) is 4.57 Å². The molecular formula is C96H113F6N8O6P. The minimum atomic E-state index is -4.31. The van der Waals surface area contributed by atoms with Crippen molar-refractivity contribution >= 4 is 50.2 Å². The number of Topliss-reactive ketones (excluding diaryl/α,β-unsaturated/α-hetero) is 1. The predicted octanol–water partition coefficient (Wildman–Crippen LogP) is 28.1. The monoisotopic (exact) mass is 1620 g/mol. The average molecular weight is 1620 g/mol. The fourth-order valence-electron chi connectivity index (χ4n) is 13.5. The molecule has 9 aromatic rings. The summed E-state index contributed by atoms with van der Waals surface area (Å²) in [6.07, 6.45) is 26.5. The van der Waals surface area contributed by atoms with E-state index < -0.39 is 31.2 Å². The number of nitrogens with zero attached hydrogens (tertiary/aromatic N) is 6. The lowest BCUT2D eigenvalue weighted by molar-refractivity contribution is -0.138. The molecule has 0 bridgehead atoms. The van der Waals surface area contributed by atoms with Crippen molar-refractivity contribution in [2.24, 2.45) is 15.7 Å². The molecule has 21 heteroatoms. The second kappa shape index (κ2) is 49.8. The van der Waals surface area contributed by atoms with Crippen LogP contribution in [0.15, 0.2) is 241 Å². The fraction of sp³-hybridized carbons (Fsp3) is 0.312. The van der Waals surface area contributed by atoms with Gasteiger partial charge in [0, 0.05) is 38.8 Å². The van der Waals surface area contributed by atoms with Crippen LogP contribution in [0, 0.1) is 0 Å². The lowest BCUT2D eigenvalue weighted by Gasteiger charge is -2.21. The number of allylic oxidation sites excluding steroid dienone is 5. The Morgan fingerprint density at radius 3 is 1.30 bits per heavy atom. The zero-order valence-corrected chi connectivity index (χ0v) is 65.2. The Hall–Kier alpha value is -11.1. The van der Waals surface area contributed by atoms with Crippen molar-refractivity contribution in [1.29, 1.82) is 0 Å². The van der Waals surface area contributed by atoms with E-state index in [1.807, 2.05) is 57.2 Å². The van der Waals surface area contributed by atoms with Gasteiger partial charge in [0.2, 0.25) is 0 Å². The van der Waals surface area contributed by atoms with Crippen LogP contribution in [-0.4, -0.2) is 23.7 Å². The molecule has 5 aliphatic rings. The van der Waals surface area contributed by atoms with Crippen LogP contribution in [0.2, 0.25) is 0 Å². The first-order valence-electron chi connectivity index (χ1n) is 38.0. The SMILES string of the molecule is C.C.C.C.CC(=O)c1cccc2c1C=CCC2.C[C@@H](N)c1cccc2c1C=CCC2.C[C@@H](N=[N+]=[N-])c1cccc2c1C=CCC2.C[C@@H](NCCCc1cccc(C(F)(F)F)c1)c1cccc2c1C=CCC2.C[C@H](O)c1cccc2c1C=CCC2.O=CCCc1cccc(C(F)(F)F)c1.[N-]=[N+]=NP(=O)(Oc1ccccc1)Oc1ccccc1. The summed E-state index contributed by atoms with van der Waals surface area (Å²) in [5, 5.41) is 16.8. The number of aliphatic hydroxyl groups excluding tert-OH is 1. The molecular weight excluding hydrogens is 1510 g/mol. The molecule has 14 rings (SSSR count). The highest BCUT2D eigenvalue weighted by atomic mass is 31.2. The Labute approximate surface area is 688 Å². The maximum Gasteiger partial charge on any atom is 0.525 e. The molecule has 620 valence electrons. The van der Waals surface area contributed by atoms with Crippen molar-refractivity contribution in [3.05, 3.63) is 357 Å². The fourth-order valence-corrected chi connectivity index (χ4v) is 14.5. The zero-order chi connectivity index (χ0) is 81.2. The molecule has 0 fully saturated rings. The highest BCUT2D eigenvalue weighted by Crippen LogP contribution is 2.50. The van der Waals surface area contributed by atoms with E-state index in [0.717, 1.165) is 123 Å². The van der Waals surface area contributed by atoms with Crippen molar-refractivity contribution in [1.82, 2.24) is 5.32 Å². The van der Waals surface area contributed by atoms with Gasteiger partial charge in [-0.05, 0) is 254 Å². The molecule has 0 aliphatic heterocycles. The lowest BCUT2D eigenvalue weighted by Crippen LogP contribution is -2.21. The quantitative estimate of drug-likeness (QED) is 0.0103. The maximum atomic E-state index is 12.8. The van der Waals surface area contributed by atoms with E-state index >= 15 is 0 Å². The lowest BCUT2D eigenvalue weighted by atomic mass is 9.90. The second-order valence-electron chi connectivity index (χ2n) is 27.5. The Balaban J connectivity index is 0.000000290. The van der Waals surface area contributed by atoms with Gasteiger partial charge in [-0.1, -0.05) is 266 Å². The predicted molar refractivity (Wildman–Crippen MR) is 470 cm³/mol. The number of nitrogens with two attached hydrogens (primary N) is 1. The van der Waals surface area contributed by atoms with E-state index in [4.69, 9.17) is 25.8 Å². The topological polar surface area (TPSA) is 225 Å². The van der Waals surface area contributed by atoms with E-state index in [2.05, 4.69) is 147 Å². The van der Waals surface area contributed by atoms with Crippen molar-refractivity contribution in [3.8, 4) is 11.5 Å². The first-order valence-corrected chi connectivity index (χ1v) is 39.4. The number of alkyl halides is 6. The molecule has 117 heavy (non-hydrogen) atoms. The van der Waals surface area contributed by atoms with Crippen molar-refractivity contribution in [2.75, 3.05) is 6.54 Å². The van der Waals surface area contributed by atoms with Gasteiger partial charge >= 0.3 is 20.1 Å². The summed E-state index contributed by atoms with van der Waals surface area (Å²) in [5.41, 5.74) is 41.6. The molecule has 5 aliphatic carbocycles. The molecule has 0 saturated heterocycles. The smallest absolute Gasteiger partial charge is 0.411 e. The summed E-state index contributed by atoms with van der Waals surface area (Å²) in [6.45, 7) is 10.3. The van der Waals surface area contributed by atoms with Gasteiger partial charge in [-0.3, -0.25) is 4.79 Å². The van der Waals surface area contributed by atoms with Gasteiger partial charge in [-0.15, -0.1) is 0 Å². The summed E-state index contributed by atoms with van der Waals surface area (Å²) >= 11 is 0. The maximum absolute atomic E-state index is 12.8. The van der Waals surface area contributed by atoms with Crippen LogP contribution in [-0.2, 0) is 66.7 Å². The summed E-state index contributed by atoms with van der Waals surface area (Å²) < 4.78 is 97.6. The third kappa shape index (κ3) is 30.8. The highest BCUT2D eigenvalue weighted by Gasteiger charge is 2.32. The standard InChI is InChI=1S/C22H24F3N.C12H10N3O3P.C12H13N3.C12H15N.C12H14O.C12H12O.C10H9F3O.4CH4/c1-16(20-13-5-10-18-9-2-3-12-21(18)20)26-14-6-8-17-7-4-11-19(15-17)22(23,24)25;13-14-15-19(16,17-11-7-3-1-4-8-11)18-12-9-5-2-6-10-12;1-9(14-15-13)11-8-4-6-10-5-2-3-7-12(10)11;3*1-9(13)11-8-4-6-10-5-2-3-7-12(10)11;11-10(12,13)9-5-1-3-8(7-9)4-2-6-14;;;;/h3-5,7,10-13,15-16,26H,2,6,8-9,14H2,1H3;1-10H;3-4,6-9H,2,5H2,1H3;3-4,6-9H,2,5,13H2,1H3;3-4,6-9,13H,2,5H2,1H3;3-4,6-8H,2,5H2,1H3;1,3,5-7H,2,4H2;4*1H4/t16-;;3*9-;;;;;;/m1.110....../s1. The van der Waals surface area contributed by atoms with Gasteiger partial charge in [-0.2, -0.15) is 26.3 Å². The van der Waals surface area contributed by atoms with Crippen LogP contribution < -0.4 is 20.1 Å². The van der Waals surface area contributed by atoms with Gasteiger partial charge in [0.1, 0.15) is 17.8 Å². The molecule has 0 heterocycles. The number of aldehydes is 1. The molecule has 4 N–H and O–H groups in total. The van der Waals surface area contributed by atoms with Gasteiger partial charge in [0.15, 0.2) is 5.78 Å². The van der Waals surface area contributed by atoms with Crippen molar-refractivity contribution < 1.29 is 54.7 Å². The largest absolute Gasteiger partial charge is 0.525 e. The van der Waals surface area contributed by atoms with E-state index in [9.17, 15) is 45.6 Å². The Morgan fingerprint density at radius 2 is 0.889 bits per heavy atom. The van der Waals surface area contributed by atoms with Crippen LogP contribution in [0.1, 0.15) is 244 Å². The second-order valence-corrected chi connectivity index (χ2v) is 29.0. The molecule has 0 aromatic heterocycles. The molecule has 0 unspecified atom stereocenters. The zero-order valence-electron chi connectivity index (χ0n) is 64.3. The number of rotatable bonds is 19. The summed E-state index contributed by atoms with van der Waals surface area (Å²) in [4.78, 5) is 29.8. The number of halogens is 6. The number of benzene rings is 9. The third-order valence-electron chi connectivity index (χ3n) is 19.1.